The molecule has 8 heteroatoms. The first-order valence-electron chi connectivity index (χ1n) is 8.61. The first-order chi connectivity index (χ1) is 12.8. The van der Waals surface area contributed by atoms with E-state index in [9.17, 15) is 9.18 Å². The van der Waals surface area contributed by atoms with Crippen LogP contribution in [0.1, 0.15) is 29.1 Å². The van der Waals surface area contributed by atoms with Crippen molar-refractivity contribution in [1.82, 2.24) is 19.6 Å². The van der Waals surface area contributed by atoms with Gasteiger partial charge in [0, 0.05) is 12.1 Å². The average Bonchev–Trinajstić information content (AvgIpc) is 3.07. The number of aromatic nitrogens is 4. The van der Waals surface area contributed by atoms with Gasteiger partial charge in [0.2, 0.25) is 5.91 Å². The molecule has 0 aliphatic rings. The highest BCUT2D eigenvalue weighted by Gasteiger charge is 2.15. The summed E-state index contributed by atoms with van der Waals surface area (Å²) < 4.78 is 17.9. The molecule has 3 rings (SSSR count). The minimum atomic E-state index is -0.275. The van der Waals surface area contributed by atoms with Crippen LogP contribution in [0.3, 0.4) is 0 Å². The number of hydrogen-bond donors (Lipinski definition) is 1. The van der Waals surface area contributed by atoms with Crippen LogP contribution in [-0.2, 0) is 17.9 Å². The first-order valence-corrected chi connectivity index (χ1v) is 9.40. The molecular formula is C19H21BrFN5O. The molecule has 0 unspecified atom stereocenters. The zero-order valence-corrected chi connectivity index (χ0v) is 17.0. The van der Waals surface area contributed by atoms with Crippen molar-refractivity contribution in [1.29, 1.82) is 0 Å². The van der Waals surface area contributed by atoms with E-state index in [0.717, 1.165) is 27.1 Å². The van der Waals surface area contributed by atoms with Crippen molar-refractivity contribution in [3.05, 3.63) is 63.4 Å². The van der Waals surface area contributed by atoms with Crippen LogP contribution < -0.4 is 5.32 Å². The summed E-state index contributed by atoms with van der Waals surface area (Å²) in [5.41, 5.74) is 4.07. The summed E-state index contributed by atoms with van der Waals surface area (Å²) in [4.78, 5) is 12.4. The van der Waals surface area contributed by atoms with Gasteiger partial charge in [0.1, 0.15) is 5.82 Å². The normalized spacial score (nSPS) is 11.0. The zero-order chi connectivity index (χ0) is 19.6. The number of anilines is 1. The molecule has 3 aromatic rings. The number of hydrogen-bond acceptors (Lipinski definition) is 3. The van der Waals surface area contributed by atoms with Crippen LogP contribution in [0.5, 0.6) is 0 Å². The van der Waals surface area contributed by atoms with E-state index in [1.165, 1.54) is 12.1 Å². The fraction of sp³-hybridized carbons (Fsp3) is 0.316. The Balaban J connectivity index is 1.67. The maximum absolute atomic E-state index is 13.4. The van der Waals surface area contributed by atoms with E-state index >= 15 is 0 Å². The fourth-order valence-electron chi connectivity index (χ4n) is 2.90. The lowest BCUT2D eigenvalue weighted by molar-refractivity contribution is -0.116. The highest BCUT2D eigenvalue weighted by molar-refractivity contribution is 9.10. The molecule has 1 aromatic carbocycles. The predicted octanol–water partition coefficient (Wildman–Crippen LogP) is 3.98. The van der Waals surface area contributed by atoms with Crippen LogP contribution in [0, 0.1) is 26.6 Å². The van der Waals surface area contributed by atoms with Gasteiger partial charge >= 0.3 is 0 Å². The maximum Gasteiger partial charge on any atom is 0.226 e. The molecule has 1 N–H and O–H groups in total. The lowest BCUT2D eigenvalue weighted by atomic mass is 10.2. The van der Waals surface area contributed by atoms with Crippen LogP contribution in [0.2, 0.25) is 0 Å². The third-order valence-electron chi connectivity index (χ3n) is 4.46. The summed E-state index contributed by atoms with van der Waals surface area (Å²) in [5, 5.41) is 11.7. The van der Waals surface area contributed by atoms with Gasteiger partial charge in [-0.1, -0.05) is 12.1 Å². The van der Waals surface area contributed by atoms with Gasteiger partial charge < -0.3 is 5.32 Å². The molecule has 0 saturated carbocycles. The maximum atomic E-state index is 13.4. The van der Waals surface area contributed by atoms with E-state index in [-0.39, 0.29) is 11.7 Å². The Kier molecular flexibility index (Phi) is 5.74. The Morgan fingerprint density at radius 1 is 1.22 bits per heavy atom. The summed E-state index contributed by atoms with van der Waals surface area (Å²) in [6.07, 6.45) is 2.03. The predicted molar refractivity (Wildman–Crippen MR) is 105 cm³/mol. The minimum Gasteiger partial charge on any atom is -0.323 e. The van der Waals surface area contributed by atoms with E-state index < -0.39 is 0 Å². The van der Waals surface area contributed by atoms with E-state index in [1.807, 2.05) is 26.8 Å². The van der Waals surface area contributed by atoms with Crippen LogP contribution >= 0.6 is 15.9 Å². The standard InChI is InChI=1S/C19H21BrFN5O/c1-12-19(23-18(27)7-8-25-13(2)17(20)10-22-25)14(3)26(24-12)11-15-5-4-6-16(21)9-15/h4-6,9-10H,7-8,11H2,1-3H3,(H,23,27). The lowest BCUT2D eigenvalue weighted by Gasteiger charge is -2.08. The van der Waals surface area contributed by atoms with Gasteiger partial charge in [0.15, 0.2) is 0 Å². The second kappa shape index (κ2) is 8.04. The molecule has 2 aromatic heterocycles. The van der Waals surface area contributed by atoms with Crippen LogP contribution in [-0.4, -0.2) is 25.5 Å². The molecule has 0 bridgehead atoms. The largest absolute Gasteiger partial charge is 0.323 e. The molecule has 27 heavy (non-hydrogen) atoms. The Bertz CT molecular complexity index is 979. The molecule has 142 valence electrons. The number of amides is 1. The highest BCUT2D eigenvalue weighted by atomic mass is 79.9. The third kappa shape index (κ3) is 4.44. The number of aryl methyl sites for hydroxylation is 2. The van der Waals surface area contributed by atoms with Crippen molar-refractivity contribution in [2.24, 2.45) is 0 Å². The Hall–Kier alpha value is -2.48. The van der Waals surface area contributed by atoms with Crippen LogP contribution in [0.15, 0.2) is 34.9 Å². The molecule has 0 atom stereocenters. The lowest BCUT2D eigenvalue weighted by Crippen LogP contribution is -2.16. The number of halogens is 2. The average molecular weight is 434 g/mol. The Morgan fingerprint density at radius 2 is 2.00 bits per heavy atom. The minimum absolute atomic E-state index is 0.0995. The summed E-state index contributed by atoms with van der Waals surface area (Å²) in [6.45, 7) is 6.63. The van der Waals surface area contributed by atoms with E-state index in [0.29, 0.717) is 25.2 Å². The number of carbonyl (C=O) groups is 1. The van der Waals surface area contributed by atoms with Crippen molar-refractivity contribution in [3.63, 3.8) is 0 Å². The molecule has 0 aliphatic carbocycles. The van der Waals surface area contributed by atoms with Gasteiger partial charge in [-0.25, -0.2) is 4.39 Å². The van der Waals surface area contributed by atoms with Gasteiger partial charge in [-0.2, -0.15) is 10.2 Å². The third-order valence-corrected chi connectivity index (χ3v) is 5.24. The number of nitrogens with zero attached hydrogens (tertiary/aromatic N) is 4. The summed E-state index contributed by atoms with van der Waals surface area (Å²) in [6, 6.07) is 6.42. The van der Waals surface area contributed by atoms with Gasteiger partial charge in [-0.15, -0.1) is 0 Å². The van der Waals surface area contributed by atoms with E-state index in [4.69, 9.17) is 0 Å². The van der Waals surface area contributed by atoms with Crippen LogP contribution in [0.4, 0.5) is 10.1 Å². The van der Waals surface area contributed by atoms with Gasteiger partial charge in [-0.3, -0.25) is 14.2 Å². The molecule has 0 saturated heterocycles. The summed E-state index contributed by atoms with van der Waals surface area (Å²) in [7, 11) is 0. The molecule has 0 radical (unpaired) electrons. The Morgan fingerprint density at radius 3 is 2.67 bits per heavy atom. The molecule has 6 nitrogen and oxygen atoms in total. The van der Waals surface area contributed by atoms with Crippen molar-refractivity contribution < 1.29 is 9.18 Å². The summed E-state index contributed by atoms with van der Waals surface area (Å²) in [5.74, 6) is -0.374. The molecule has 2 heterocycles. The number of rotatable bonds is 6. The molecule has 0 aliphatic heterocycles. The van der Waals surface area contributed by atoms with Crippen molar-refractivity contribution >= 4 is 27.5 Å². The van der Waals surface area contributed by atoms with Gasteiger partial charge in [0.25, 0.3) is 0 Å². The van der Waals surface area contributed by atoms with Crippen molar-refractivity contribution in [2.45, 2.75) is 40.3 Å². The monoisotopic (exact) mass is 433 g/mol. The SMILES string of the molecule is Cc1nn(Cc2cccc(F)c2)c(C)c1NC(=O)CCn1ncc(Br)c1C. The highest BCUT2D eigenvalue weighted by Crippen LogP contribution is 2.21. The number of carbonyl (C=O) groups excluding carboxylic acids is 1. The number of benzene rings is 1. The van der Waals surface area contributed by atoms with E-state index in [1.54, 1.807) is 21.6 Å². The first kappa shape index (κ1) is 19.3. The van der Waals surface area contributed by atoms with Crippen molar-refractivity contribution in [3.8, 4) is 0 Å². The second-order valence-corrected chi connectivity index (χ2v) is 7.29. The zero-order valence-electron chi connectivity index (χ0n) is 15.5. The smallest absolute Gasteiger partial charge is 0.226 e. The molecular weight excluding hydrogens is 413 g/mol. The molecule has 1 amide bonds. The summed E-state index contributed by atoms with van der Waals surface area (Å²) >= 11 is 3.41. The van der Waals surface area contributed by atoms with Crippen molar-refractivity contribution in [2.75, 3.05) is 5.32 Å². The second-order valence-electron chi connectivity index (χ2n) is 6.43. The van der Waals surface area contributed by atoms with Crippen LogP contribution in [0.25, 0.3) is 0 Å². The topological polar surface area (TPSA) is 64.7 Å². The van der Waals surface area contributed by atoms with Gasteiger partial charge in [-0.05, 0) is 54.4 Å². The van der Waals surface area contributed by atoms with Gasteiger partial charge in [0.05, 0.1) is 40.8 Å². The quantitative estimate of drug-likeness (QED) is 0.639. The number of nitrogens with one attached hydrogen (secondary N) is 1. The fourth-order valence-corrected chi connectivity index (χ4v) is 3.19. The molecule has 0 fully saturated rings. The molecule has 0 spiro atoms. The van der Waals surface area contributed by atoms with E-state index in [2.05, 4.69) is 31.4 Å². The Labute approximate surface area is 165 Å².